The van der Waals surface area contributed by atoms with Gasteiger partial charge in [0, 0.05) is 25.4 Å². The number of pyridine rings is 1. The summed E-state index contributed by atoms with van der Waals surface area (Å²) in [5.41, 5.74) is 1.75. The largest absolute Gasteiger partial charge is 0.440 e. The standard InChI is InChI=1S/C15H15F3N4O2/c16-15(17,18)11-1-3-13(19-9-11)21-20-10-12-2-4-14(24-12)22-5-7-23-8-6-22/h1-4,9-10H,5-8H2,(H,19,21)/b20-10+. The fraction of sp³-hybridized carbons (Fsp3) is 0.333. The Bertz CT molecular complexity index is 691. The molecule has 3 rings (SSSR count). The highest BCUT2D eigenvalue weighted by Gasteiger charge is 2.30. The van der Waals surface area contributed by atoms with Crippen LogP contribution >= 0.6 is 0 Å². The van der Waals surface area contributed by atoms with Crippen molar-refractivity contribution in [3.8, 4) is 0 Å². The molecule has 0 aromatic carbocycles. The molecule has 0 spiro atoms. The van der Waals surface area contributed by atoms with Gasteiger partial charge in [-0.15, -0.1) is 0 Å². The monoisotopic (exact) mass is 340 g/mol. The Morgan fingerprint density at radius 1 is 1.17 bits per heavy atom. The van der Waals surface area contributed by atoms with Crippen LogP contribution in [0.4, 0.5) is 24.9 Å². The van der Waals surface area contributed by atoms with E-state index in [9.17, 15) is 13.2 Å². The number of alkyl halides is 3. The highest BCUT2D eigenvalue weighted by molar-refractivity contribution is 5.77. The third-order valence-electron chi connectivity index (χ3n) is 3.40. The zero-order chi connectivity index (χ0) is 17.0. The number of rotatable bonds is 4. The maximum Gasteiger partial charge on any atom is 0.417 e. The number of hydrazone groups is 1. The van der Waals surface area contributed by atoms with Crippen molar-refractivity contribution in [1.82, 2.24) is 4.98 Å². The molecular formula is C15H15F3N4O2. The first-order valence-corrected chi connectivity index (χ1v) is 7.27. The SMILES string of the molecule is FC(F)(F)c1ccc(N/N=C/c2ccc(N3CCOCC3)o2)nc1. The zero-order valence-electron chi connectivity index (χ0n) is 12.6. The number of ether oxygens (including phenoxy) is 1. The molecule has 1 aliphatic rings. The lowest BCUT2D eigenvalue weighted by Gasteiger charge is -2.26. The smallest absolute Gasteiger partial charge is 0.417 e. The molecule has 3 heterocycles. The summed E-state index contributed by atoms with van der Waals surface area (Å²) in [5, 5.41) is 3.91. The lowest BCUT2D eigenvalue weighted by molar-refractivity contribution is -0.137. The second-order valence-corrected chi connectivity index (χ2v) is 5.08. The van der Waals surface area contributed by atoms with Gasteiger partial charge >= 0.3 is 6.18 Å². The van der Waals surface area contributed by atoms with Crippen molar-refractivity contribution in [3.63, 3.8) is 0 Å². The highest BCUT2D eigenvalue weighted by Crippen LogP contribution is 2.28. The van der Waals surface area contributed by atoms with Crippen molar-refractivity contribution in [2.24, 2.45) is 5.10 Å². The summed E-state index contributed by atoms with van der Waals surface area (Å²) in [6, 6.07) is 5.74. The molecule has 0 saturated carbocycles. The molecule has 0 atom stereocenters. The third kappa shape index (κ3) is 4.05. The van der Waals surface area contributed by atoms with Gasteiger partial charge in [0.2, 0.25) is 0 Å². The van der Waals surface area contributed by atoms with E-state index in [0.717, 1.165) is 31.2 Å². The van der Waals surface area contributed by atoms with Crippen LogP contribution in [0.3, 0.4) is 0 Å². The molecule has 24 heavy (non-hydrogen) atoms. The zero-order valence-corrected chi connectivity index (χ0v) is 12.6. The number of halogens is 3. The number of morpholine rings is 1. The van der Waals surface area contributed by atoms with Gasteiger partial charge in [0.25, 0.3) is 0 Å². The van der Waals surface area contributed by atoms with E-state index in [0.29, 0.717) is 19.0 Å². The number of furan rings is 1. The first-order chi connectivity index (χ1) is 11.5. The summed E-state index contributed by atoms with van der Waals surface area (Å²) in [6.45, 7) is 2.84. The Balaban J connectivity index is 1.57. The van der Waals surface area contributed by atoms with Crippen molar-refractivity contribution in [2.45, 2.75) is 6.18 Å². The van der Waals surface area contributed by atoms with Gasteiger partial charge < -0.3 is 14.1 Å². The molecule has 0 bridgehead atoms. The van der Waals surface area contributed by atoms with E-state index in [1.807, 2.05) is 6.07 Å². The Labute approximate surface area is 135 Å². The van der Waals surface area contributed by atoms with Crippen LogP contribution in [-0.2, 0) is 10.9 Å². The van der Waals surface area contributed by atoms with Crippen LogP contribution in [0.2, 0.25) is 0 Å². The van der Waals surface area contributed by atoms with Crippen molar-refractivity contribution < 1.29 is 22.3 Å². The number of nitrogens with zero attached hydrogens (tertiary/aromatic N) is 3. The van der Waals surface area contributed by atoms with E-state index in [2.05, 4.69) is 20.4 Å². The lowest BCUT2D eigenvalue weighted by atomic mass is 10.3. The summed E-state index contributed by atoms with van der Waals surface area (Å²) in [6.07, 6.45) is -2.22. The average Bonchev–Trinajstić information content (AvgIpc) is 3.04. The topological polar surface area (TPSA) is 62.9 Å². The van der Waals surface area contributed by atoms with Gasteiger partial charge in [0.15, 0.2) is 5.88 Å². The Hall–Kier alpha value is -2.55. The minimum Gasteiger partial charge on any atom is -0.440 e. The van der Waals surface area contributed by atoms with E-state index in [1.165, 1.54) is 12.3 Å². The summed E-state index contributed by atoms with van der Waals surface area (Å²) in [5.74, 6) is 1.46. The van der Waals surface area contributed by atoms with Crippen LogP contribution in [0.25, 0.3) is 0 Å². The van der Waals surface area contributed by atoms with E-state index >= 15 is 0 Å². The first kappa shape index (κ1) is 16.3. The van der Waals surface area contributed by atoms with Crippen molar-refractivity contribution >= 4 is 17.9 Å². The van der Waals surface area contributed by atoms with Crippen molar-refractivity contribution in [3.05, 3.63) is 41.8 Å². The summed E-state index contributed by atoms with van der Waals surface area (Å²) in [4.78, 5) is 5.72. The molecule has 2 aromatic heterocycles. The lowest BCUT2D eigenvalue weighted by Crippen LogP contribution is -2.35. The predicted molar refractivity (Wildman–Crippen MR) is 82.2 cm³/mol. The highest BCUT2D eigenvalue weighted by atomic mass is 19.4. The molecule has 1 fully saturated rings. The third-order valence-corrected chi connectivity index (χ3v) is 3.40. The van der Waals surface area contributed by atoms with Crippen LogP contribution in [0.5, 0.6) is 0 Å². The summed E-state index contributed by atoms with van der Waals surface area (Å²) in [7, 11) is 0. The van der Waals surface area contributed by atoms with Gasteiger partial charge in [-0.1, -0.05) is 0 Å². The van der Waals surface area contributed by atoms with Gasteiger partial charge in [-0.25, -0.2) is 4.98 Å². The molecule has 6 nitrogen and oxygen atoms in total. The molecule has 9 heteroatoms. The molecule has 128 valence electrons. The number of aromatic nitrogens is 1. The first-order valence-electron chi connectivity index (χ1n) is 7.27. The van der Waals surface area contributed by atoms with Crippen LogP contribution in [0.1, 0.15) is 11.3 Å². The second kappa shape index (κ2) is 6.91. The Kier molecular flexibility index (Phi) is 4.70. The molecule has 2 aromatic rings. The maximum absolute atomic E-state index is 12.4. The molecule has 1 aliphatic heterocycles. The number of hydrogen-bond donors (Lipinski definition) is 1. The Morgan fingerprint density at radius 3 is 2.62 bits per heavy atom. The fourth-order valence-corrected chi connectivity index (χ4v) is 2.16. The molecule has 0 radical (unpaired) electrons. The van der Waals surface area contributed by atoms with Crippen LogP contribution < -0.4 is 10.3 Å². The quantitative estimate of drug-likeness (QED) is 0.685. The van der Waals surface area contributed by atoms with Crippen LogP contribution in [-0.4, -0.2) is 37.5 Å². The molecule has 0 unspecified atom stereocenters. The predicted octanol–water partition coefficient (Wildman–Crippen LogP) is 2.98. The Morgan fingerprint density at radius 2 is 1.96 bits per heavy atom. The minimum atomic E-state index is -4.40. The number of nitrogens with one attached hydrogen (secondary N) is 1. The number of anilines is 2. The van der Waals surface area contributed by atoms with Crippen LogP contribution in [0.15, 0.2) is 40.0 Å². The maximum atomic E-state index is 12.4. The van der Waals surface area contributed by atoms with Gasteiger partial charge in [-0.05, 0) is 18.2 Å². The van der Waals surface area contributed by atoms with E-state index < -0.39 is 11.7 Å². The molecule has 1 saturated heterocycles. The molecule has 1 N–H and O–H groups in total. The fourth-order valence-electron chi connectivity index (χ4n) is 2.16. The summed E-state index contributed by atoms with van der Waals surface area (Å²) < 4.78 is 48.2. The van der Waals surface area contributed by atoms with E-state index in [1.54, 1.807) is 6.07 Å². The van der Waals surface area contributed by atoms with Gasteiger partial charge in [0.05, 0.1) is 25.0 Å². The van der Waals surface area contributed by atoms with Crippen molar-refractivity contribution in [1.29, 1.82) is 0 Å². The molecule has 0 amide bonds. The summed E-state index contributed by atoms with van der Waals surface area (Å²) >= 11 is 0. The van der Waals surface area contributed by atoms with E-state index in [-0.39, 0.29) is 5.82 Å². The van der Waals surface area contributed by atoms with Gasteiger partial charge in [-0.3, -0.25) is 5.43 Å². The minimum absolute atomic E-state index is 0.208. The van der Waals surface area contributed by atoms with Crippen molar-refractivity contribution in [2.75, 3.05) is 36.6 Å². The van der Waals surface area contributed by atoms with Crippen LogP contribution in [0, 0.1) is 0 Å². The molecular weight excluding hydrogens is 325 g/mol. The average molecular weight is 340 g/mol. The molecule has 0 aliphatic carbocycles. The normalized spacial score (nSPS) is 15.9. The van der Waals surface area contributed by atoms with Gasteiger partial charge in [0.1, 0.15) is 11.6 Å². The van der Waals surface area contributed by atoms with Gasteiger partial charge in [-0.2, -0.15) is 18.3 Å². The second-order valence-electron chi connectivity index (χ2n) is 5.08. The number of hydrogen-bond acceptors (Lipinski definition) is 6. The van der Waals surface area contributed by atoms with E-state index in [4.69, 9.17) is 9.15 Å².